The number of aromatic hydroxyl groups is 1. The highest BCUT2D eigenvalue weighted by atomic mass is 16.6. The molecule has 4 nitrogen and oxygen atoms in total. The van der Waals surface area contributed by atoms with E-state index in [1.54, 1.807) is 36.4 Å². The molecule has 0 saturated heterocycles. The fraction of sp³-hybridized carbons (Fsp3) is 0.389. The van der Waals surface area contributed by atoms with Crippen molar-refractivity contribution in [3.05, 3.63) is 42.0 Å². The smallest absolute Gasteiger partial charge is 0.338 e. The number of fused-ring (bicyclic) bond motifs is 1. The topological polar surface area (TPSA) is 55.8 Å². The predicted molar refractivity (Wildman–Crippen MR) is 86.2 cm³/mol. The molecule has 4 heteroatoms. The second-order valence-corrected chi connectivity index (χ2v) is 5.39. The summed E-state index contributed by atoms with van der Waals surface area (Å²) >= 11 is 0. The lowest BCUT2D eigenvalue weighted by Crippen LogP contribution is -2.20. The molecule has 0 fully saturated rings. The zero-order valence-electron chi connectivity index (χ0n) is 13.0. The Kier molecular flexibility index (Phi) is 5.78. The molecule has 0 radical (unpaired) electrons. The first kappa shape index (κ1) is 16.3. The number of benzene rings is 2. The van der Waals surface area contributed by atoms with Crippen LogP contribution in [0.2, 0.25) is 0 Å². The fourth-order valence-electron chi connectivity index (χ4n) is 2.14. The summed E-state index contributed by atoms with van der Waals surface area (Å²) in [5, 5.41) is 11.2. The first-order chi connectivity index (χ1) is 10.6. The normalized spacial score (nSPS) is 12.3. The van der Waals surface area contributed by atoms with Gasteiger partial charge in [-0.25, -0.2) is 4.79 Å². The fourth-order valence-corrected chi connectivity index (χ4v) is 2.14. The van der Waals surface area contributed by atoms with Crippen molar-refractivity contribution in [2.45, 2.75) is 32.8 Å². The second kappa shape index (κ2) is 7.80. The van der Waals surface area contributed by atoms with Crippen LogP contribution in [0.3, 0.4) is 0 Å². The maximum atomic E-state index is 12.1. The standard InChI is InChI=1S/C18H22O4/c1-3-4-9-21-12-13(2)22-18(20)16-6-5-15-11-17(19)8-7-14(15)10-16/h5-8,10-11,13,19H,3-4,9,12H2,1-2H3. The number of hydrogen-bond donors (Lipinski definition) is 1. The molecule has 1 unspecified atom stereocenters. The van der Waals surface area contributed by atoms with Gasteiger partial charge in [-0.05, 0) is 48.4 Å². The molecule has 118 valence electrons. The van der Waals surface area contributed by atoms with E-state index in [9.17, 15) is 9.90 Å². The molecule has 2 rings (SSSR count). The van der Waals surface area contributed by atoms with Crippen molar-refractivity contribution in [2.24, 2.45) is 0 Å². The number of phenolic OH excluding ortho intramolecular Hbond substituents is 1. The van der Waals surface area contributed by atoms with Crippen LogP contribution in [0, 0.1) is 0 Å². The molecule has 0 aliphatic heterocycles. The van der Waals surface area contributed by atoms with Gasteiger partial charge in [0.2, 0.25) is 0 Å². The first-order valence-corrected chi connectivity index (χ1v) is 7.61. The minimum Gasteiger partial charge on any atom is -0.508 e. The van der Waals surface area contributed by atoms with E-state index >= 15 is 0 Å². The van der Waals surface area contributed by atoms with Crippen molar-refractivity contribution in [3.8, 4) is 5.75 Å². The van der Waals surface area contributed by atoms with Crippen LogP contribution in [0.4, 0.5) is 0 Å². The van der Waals surface area contributed by atoms with E-state index in [2.05, 4.69) is 6.92 Å². The highest BCUT2D eigenvalue weighted by molar-refractivity contribution is 5.95. The Morgan fingerprint density at radius 1 is 1.18 bits per heavy atom. The van der Waals surface area contributed by atoms with Gasteiger partial charge in [0.25, 0.3) is 0 Å². The van der Waals surface area contributed by atoms with E-state index in [1.807, 2.05) is 6.92 Å². The Morgan fingerprint density at radius 2 is 1.91 bits per heavy atom. The summed E-state index contributed by atoms with van der Waals surface area (Å²) in [6.45, 7) is 5.03. The highest BCUT2D eigenvalue weighted by Crippen LogP contribution is 2.21. The zero-order valence-corrected chi connectivity index (χ0v) is 13.0. The van der Waals surface area contributed by atoms with Gasteiger partial charge in [-0.1, -0.05) is 25.5 Å². The van der Waals surface area contributed by atoms with Gasteiger partial charge in [-0.3, -0.25) is 0 Å². The average molecular weight is 302 g/mol. The Morgan fingerprint density at radius 3 is 2.68 bits per heavy atom. The van der Waals surface area contributed by atoms with Crippen LogP contribution < -0.4 is 0 Å². The molecule has 1 N–H and O–H groups in total. The number of rotatable bonds is 7. The van der Waals surface area contributed by atoms with Crippen LogP contribution in [0.5, 0.6) is 5.75 Å². The first-order valence-electron chi connectivity index (χ1n) is 7.61. The molecule has 2 aromatic rings. The van der Waals surface area contributed by atoms with E-state index in [0.717, 1.165) is 23.6 Å². The molecule has 0 aromatic heterocycles. The molecule has 2 aromatic carbocycles. The monoisotopic (exact) mass is 302 g/mol. The summed E-state index contributed by atoms with van der Waals surface area (Å²) in [6.07, 6.45) is 1.82. The summed E-state index contributed by atoms with van der Waals surface area (Å²) < 4.78 is 10.8. The van der Waals surface area contributed by atoms with Crippen LogP contribution in [0.15, 0.2) is 36.4 Å². The maximum Gasteiger partial charge on any atom is 0.338 e. The molecule has 1 atom stereocenters. The predicted octanol–water partition coefficient (Wildman–Crippen LogP) is 3.91. The molecule has 0 heterocycles. The van der Waals surface area contributed by atoms with Gasteiger partial charge in [0.1, 0.15) is 11.9 Å². The lowest BCUT2D eigenvalue weighted by atomic mass is 10.1. The third kappa shape index (κ3) is 4.46. The van der Waals surface area contributed by atoms with Gasteiger partial charge in [0.15, 0.2) is 0 Å². The molecular weight excluding hydrogens is 280 g/mol. The van der Waals surface area contributed by atoms with Crippen molar-refractivity contribution in [1.82, 2.24) is 0 Å². The van der Waals surface area contributed by atoms with E-state index in [4.69, 9.17) is 9.47 Å². The third-order valence-electron chi connectivity index (χ3n) is 3.36. The summed E-state index contributed by atoms with van der Waals surface area (Å²) in [6, 6.07) is 10.3. The molecule has 0 spiro atoms. The number of ether oxygens (including phenoxy) is 2. The summed E-state index contributed by atoms with van der Waals surface area (Å²) in [7, 11) is 0. The summed E-state index contributed by atoms with van der Waals surface area (Å²) in [5.74, 6) is -0.151. The van der Waals surface area contributed by atoms with Gasteiger partial charge in [-0.15, -0.1) is 0 Å². The van der Waals surface area contributed by atoms with Crippen LogP contribution in [0.1, 0.15) is 37.0 Å². The molecule has 22 heavy (non-hydrogen) atoms. The Bertz CT molecular complexity index is 636. The van der Waals surface area contributed by atoms with Gasteiger partial charge in [0.05, 0.1) is 12.2 Å². The third-order valence-corrected chi connectivity index (χ3v) is 3.36. The van der Waals surface area contributed by atoms with Crippen LogP contribution in [0.25, 0.3) is 10.8 Å². The van der Waals surface area contributed by atoms with Crippen LogP contribution >= 0.6 is 0 Å². The summed E-state index contributed by atoms with van der Waals surface area (Å²) in [5.41, 5.74) is 0.499. The van der Waals surface area contributed by atoms with Crippen molar-refractivity contribution < 1.29 is 19.4 Å². The molecular formula is C18H22O4. The quantitative estimate of drug-likeness (QED) is 0.622. The minimum atomic E-state index is -0.360. The van der Waals surface area contributed by atoms with Gasteiger partial charge >= 0.3 is 5.97 Å². The van der Waals surface area contributed by atoms with Gasteiger partial charge in [0, 0.05) is 6.61 Å². The van der Waals surface area contributed by atoms with Crippen molar-refractivity contribution >= 4 is 16.7 Å². The Balaban J connectivity index is 1.96. The van der Waals surface area contributed by atoms with E-state index in [0.29, 0.717) is 18.8 Å². The molecule has 0 saturated carbocycles. The number of hydrogen-bond acceptors (Lipinski definition) is 4. The maximum absolute atomic E-state index is 12.1. The number of carbonyl (C=O) groups is 1. The van der Waals surface area contributed by atoms with Crippen LogP contribution in [-0.4, -0.2) is 30.4 Å². The minimum absolute atomic E-state index is 0.209. The number of phenols is 1. The van der Waals surface area contributed by atoms with Gasteiger partial charge in [-0.2, -0.15) is 0 Å². The van der Waals surface area contributed by atoms with Gasteiger partial charge < -0.3 is 14.6 Å². The van der Waals surface area contributed by atoms with Crippen LogP contribution in [-0.2, 0) is 9.47 Å². The number of carbonyl (C=O) groups excluding carboxylic acids is 1. The molecule has 0 amide bonds. The molecule has 0 aliphatic carbocycles. The molecule has 0 bridgehead atoms. The van der Waals surface area contributed by atoms with E-state index in [-0.39, 0.29) is 17.8 Å². The Hall–Kier alpha value is -2.07. The molecule has 0 aliphatic rings. The van der Waals surface area contributed by atoms with Crippen molar-refractivity contribution in [1.29, 1.82) is 0 Å². The lowest BCUT2D eigenvalue weighted by Gasteiger charge is -2.14. The Labute approximate surface area is 130 Å². The van der Waals surface area contributed by atoms with Crippen molar-refractivity contribution in [3.63, 3.8) is 0 Å². The summed E-state index contributed by atoms with van der Waals surface area (Å²) in [4.78, 5) is 12.1. The van der Waals surface area contributed by atoms with E-state index < -0.39 is 0 Å². The number of esters is 1. The zero-order chi connectivity index (χ0) is 15.9. The highest BCUT2D eigenvalue weighted by Gasteiger charge is 2.12. The largest absolute Gasteiger partial charge is 0.508 e. The number of unbranched alkanes of at least 4 members (excludes halogenated alkanes) is 1. The lowest BCUT2D eigenvalue weighted by molar-refractivity contribution is 0.00171. The SMILES string of the molecule is CCCCOCC(C)OC(=O)c1ccc2cc(O)ccc2c1. The van der Waals surface area contributed by atoms with E-state index in [1.165, 1.54) is 0 Å². The second-order valence-electron chi connectivity index (χ2n) is 5.39. The van der Waals surface area contributed by atoms with Crippen molar-refractivity contribution in [2.75, 3.05) is 13.2 Å². The average Bonchev–Trinajstić information content (AvgIpc) is 2.51.